The SMILES string of the molecule is COCC1CCCCC=CC2CC2(C(=O)NS(=O)(=O)C2(C)CC2)NC(=O)C2CC(Oc3ncc(OC)c4ccccc34)CN2C(=O)C1NC(=O)OC(C)(C)C. The number of benzene rings is 1. The van der Waals surface area contributed by atoms with Crippen molar-refractivity contribution in [3.05, 3.63) is 42.6 Å². The van der Waals surface area contributed by atoms with Gasteiger partial charge in [0.05, 0.1) is 31.2 Å². The molecule has 6 rings (SSSR count). The van der Waals surface area contributed by atoms with E-state index in [9.17, 15) is 27.6 Å². The van der Waals surface area contributed by atoms with Crippen LogP contribution in [0.1, 0.15) is 79.1 Å². The number of pyridine rings is 1. The second kappa shape index (κ2) is 15.6. The average molecular weight is 784 g/mol. The van der Waals surface area contributed by atoms with Crippen LogP contribution in [0.25, 0.3) is 10.8 Å². The Bertz CT molecular complexity index is 1940. The summed E-state index contributed by atoms with van der Waals surface area (Å²) in [7, 11) is -0.936. The molecule has 0 bridgehead atoms. The van der Waals surface area contributed by atoms with Gasteiger partial charge >= 0.3 is 6.09 Å². The number of carbonyl (C=O) groups is 4. The Morgan fingerprint density at radius 2 is 1.82 bits per heavy atom. The lowest BCUT2D eigenvalue weighted by atomic mass is 9.92. The highest BCUT2D eigenvalue weighted by molar-refractivity contribution is 7.91. The molecule has 55 heavy (non-hydrogen) atoms. The quantitative estimate of drug-likeness (QED) is 0.314. The third-order valence-corrected chi connectivity index (χ3v) is 13.2. The molecule has 6 atom stereocenters. The molecular weight excluding hydrogens is 731 g/mol. The van der Waals surface area contributed by atoms with Crippen LogP contribution in [-0.2, 0) is 33.9 Å². The van der Waals surface area contributed by atoms with Gasteiger partial charge in [0.1, 0.15) is 35.1 Å². The predicted octanol–water partition coefficient (Wildman–Crippen LogP) is 3.75. The lowest BCUT2D eigenvalue weighted by Crippen LogP contribution is -2.60. The number of allylic oxidation sites excluding steroid dienone is 1. The third-order valence-electron chi connectivity index (χ3n) is 11.0. The average Bonchev–Trinajstić information content (AvgIpc) is 4.00. The fourth-order valence-corrected chi connectivity index (χ4v) is 8.79. The highest BCUT2D eigenvalue weighted by atomic mass is 32.2. The zero-order valence-corrected chi connectivity index (χ0v) is 33.2. The molecule has 16 heteroatoms. The summed E-state index contributed by atoms with van der Waals surface area (Å²) < 4.78 is 50.7. The van der Waals surface area contributed by atoms with Crippen molar-refractivity contribution in [1.82, 2.24) is 25.2 Å². The topological polar surface area (TPSA) is 192 Å². The van der Waals surface area contributed by atoms with Crippen LogP contribution < -0.4 is 24.8 Å². The van der Waals surface area contributed by atoms with Crippen molar-refractivity contribution in [2.75, 3.05) is 27.4 Å². The molecule has 1 aromatic heterocycles. The summed E-state index contributed by atoms with van der Waals surface area (Å²) in [6, 6.07) is 5.10. The summed E-state index contributed by atoms with van der Waals surface area (Å²) in [6.07, 6.45) is 7.47. The molecule has 15 nitrogen and oxygen atoms in total. The first kappa shape index (κ1) is 40.2. The zero-order valence-electron chi connectivity index (χ0n) is 32.4. The molecule has 300 valence electrons. The Balaban J connectivity index is 1.36. The number of methoxy groups -OCH3 is 2. The maximum atomic E-state index is 14.9. The van der Waals surface area contributed by atoms with E-state index in [0.717, 1.165) is 11.8 Å². The molecule has 0 radical (unpaired) electrons. The van der Waals surface area contributed by atoms with Crippen LogP contribution in [0.3, 0.4) is 0 Å². The first-order chi connectivity index (χ1) is 26.0. The highest BCUT2D eigenvalue weighted by Gasteiger charge is 2.63. The van der Waals surface area contributed by atoms with Gasteiger partial charge in [0.15, 0.2) is 0 Å². The van der Waals surface area contributed by atoms with Crippen LogP contribution >= 0.6 is 0 Å². The maximum Gasteiger partial charge on any atom is 0.408 e. The molecule has 2 aliphatic heterocycles. The Morgan fingerprint density at radius 1 is 1.09 bits per heavy atom. The summed E-state index contributed by atoms with van der Waals surface area (Å²) in [5, 5.41) is 7.11. The number of carbonyl (C=O) groups excluding carboxylic acids is 4. The summed E-state index contributed by atoms with van der Waals surface area (Å²) in [6.45, 7) is 6.84. The fraction of sp³-hybridized carbons (Fsp3) is 0.615. The van der Waals surface area contributed by atoms with Crippen molar-refractivity contribution in [1.29, 1.82) is 0 Å². The smallest absolute Gasteiger partial charge is 0.408 e. The molecule has 3 heterocycles. The van der Waals surface area contributed by atoms with Crippen molar-refractivity contribution >= 4 is 44.6 Å². The van der Waals surface area contributed by atoms with Gasteiger partial charge in [-0.3, -0.25) is 19.1 Å². The number of sulfonamides is 1. The number of hydrogen-bond acceptors (Lipinski definition) is 11. The van der Waals surface area contributed by atoms with Gasteiger partial charge in [-0.05, 0) is 72.3 Å². The van der Waals surface area contributed by atoms with E-state index < -0.39 is 79.7 Å². The molecule has 2 saturated carbocycles. The summed E-state index contributed by atoms with van der Waals surface area (Å²) >= 11 is 0. The third kappa shape index (κ3) is 8.69. The van der Waals surface area contributed by atoms with Gasteiger partial charge in [-0.15, -0.1) is 0 Å². The van der Waals surface area contributed by atoms with E-state index in [-0.39, 0.29) is 31.9 Å². The van der Waals surface area contributed by atoms with Crippen LogP contribution in [0, 0.1) is 11.8 Å². The minimum Gasteiger partial charge on any atom is -0.494 e. The van der Waals surface area contributed by atoms with Crippen molar-refractivity contribution in [3.63, 3.8) is 0 Å². The zero-order chi connectivity index (χ0) is 39.8. The van der Waals surface area contributed by atoms with Crippen molar-refractivity contribution in [3.8, 4) is 11.6 Å². The second-order valence-electron chi connectivity index (χ2n) is 16.4. The Hall–Kier alpha value is -4.44. The second-order valence-corrected chi connectivity index (χ2v) is 18.6. The van der Waals surface area contributed by atoms with Gasteiger partial charge in [-0.25, -0.2) is 18.2 Å². The number of hydrogen-bond donors (Lipinski definition) is 3. The van der Waals surface area contributed by atoms with Crippen molar-refractivity contribution in [2.45, 2.75) is 113 Å². The summed E-state index contributed by atoms with van der Waals surface area (Å²) in [5.74, 6) is -2.12. The number of aromatic nitrogens is 1. The number of amides is 4. The van der Waals surface area contributed by atoms with Crippen molar-refractivity contribution < 1.29 is 46.5 Å². The maximum absolute atomic E-state index is 14.9. The predicted molar refractivity (Wildman–Crippen MR) is 203 cm³/mol. The van der Waals surface area contributed by atoms with Gasteiger partial charge in [0.2, 0.25) is 27.7 Å². The van der Waals surface area contributed by atoms with E-state index >= 15 is 0 Å². The van der Waals surface area contributed by atoms with Crippen LogP contribution in [-0.4, -0.2) is 104 Å². The molecule has 1 aromatic carbocycles. The van der Waals surface area contributed by atoms with Gasteiger partial charge in [-0.1, -0.05) is 36.8 Å². The minimum absolute atomic E-state index is 0.0162. The number of nitrogens with one attached hydrogen (secondary N) is 3. The molecule has 2 aliphatic carbocycles. The van der Waals surface area contributed by atoms with E-state index in [0.29, 0.717) is 43.2 Å². The van der Waals surface area contributed by atoms with Crippen LogP contribution in [0.15, 0.2) is 42.6 Å². The van der Waals surface area contributed by atoms with E-state index in [1.807, 2.05) is 36.4 Å². The summed E-state index contributed by atoms with van der Waals surface area (Å²) in [5.41, 5.74) is -2.39. The minimum atomic E-state index is -4.01. The Kier molecular flexibility index (Phi) is 11.4. The van der Waals surface area contributed by atoms with Crippen LogP contribution in [0.4, 0.5) is 4.79 Å². The molecule has 3 N–H and O–H groups in total. The first-order valence-electron chi connectivity index (χ1n) is 18.9. The molecule has 4 amide bonds. The lowest BCUT2D eigenvalue weighted by molar-refractivity contribution is -0.142. The van der Waals surface area contributed by atoms with Crippen LogP contribution in [0.5, 0.6) is 11.6 Å². The molecule has 0 spiro atoms. The molecule has 3 fully saturated rings. The fourth-order valence-electron chi connectivity index (χ4n) is 7.48. The van der Waals surface area contributed by atoms with E-state index in [2.05, 4.69) is 20.3 Å². The Labute approximate surface area is 322 Å². The lowest BCUT2D eigenvalue weighted by Gasteiger charge is -2.33. The largest absolute Gasteiger partial charge is 0.494 e. The monoisotopic (exact) mass is 783 g/mol. The molecule has 6 unspecified atom stereocenters. The molecular formula is C39H53N5O10S. The molecule has 4 aliphatic rings. The standard InChI is InChI=1S/C39H53N5O10S/c1-37(2,3)54-36(48)41-31-24(23-51-5)13-9-7-8-10-14-25-20-39(25,35(47)43-55(49,50)38(4)17-18-38)42-32(45)29-19-26(22-44(29)34(31)46)53-33-28-16-12-11-15-27(28)30(52-6)21-40-33/h10-12,14-16,21,24-26,29,31H,7-9,13,17-20,22-23H2,1-6H3,(H,41,48)(H,42,45)(H,43,47). The van der Waals surface area contributed by atoms with Gasteiger partial charge in [0.25, 0.3) is 5.91 Å². The number of ether oxygens (including phenoxy) is 4. The van der Waals surface area contributed by atoms with Gasteiger partial charge < -0.3 is 34.5 Å². The van der Waals surface area contributed by atoms with Gasteiger partial charge in [-0.2, -0.15) is 0 Å². The van der Waals surface area contributed by atoms with Gasteiger partial charge in [0, 0.05) is 36.1 Å². The number of rotatable bonds is 9. The Morgan fingerprint density at radius 3 is 2.49 bits per heavy atom. The van der Waals surface area contributed by atoms with E-state index in [4.69, 9.17) is 18.9 Å². The molecule has 2 aromatic rings. The highest BCUT2D eigenvalue weighted by Crippen LogP contribution is 2.47. The normalized spacial score (nSPS) is 28.1. The number of fused-ring (bicyclic) bond motifs is 3. The first-order valence-corrected chi connectivity index (χ1v) is 20.4. The number of alkyl carbamates (subject to hydrolysis) is 1. The van der Waals surface area contributed by atoms with E-state index in [1.54, 1.807) is 41.0 Å². The van der Waals surface area contributed by atoms with E-state index in [1.165, 1.54) is 12.0 Å². The van der Waals surface area contributed by atoms with Crippen molar-refractivity contribution in [2.24, 2.45) is 11.8 Å². The summed E-state index contributed by atoms with van der Waals surface area (Å²) in [4.78, 5) is 62.4. The van der Waals surface area contributed by atoms with Crippen LogP contribution in [0.2, 0.25) is 0 Å². The molecule has 1 saturated heterocycles. The number of nitrogens with zero attached hydrogens (tertiary/aromatic N) is 2.